The van der Waals surface area contributed by atoms with Crippen LogP contribution in [0.15, 0.2) is 23.1 Å². The van der Waals surface area contributed by atoms with Crippen molar-refractivity contribution < 1.29 is 18.0 Å². The number of hydrogen-bond acceptors (Lipinski definition) is 4. The van der Waals surface area contributed by atoms with Gasteiger partial charge in [0.15, 0.2) is 0 Å². The highest BCUT2D eigenvalue weighted by molar-refractivity contribution is 7.89. The maximum atomic E-state index is 13.0. The van der Waals surface area contributed by atoms with E-state index in [2.05, 4.69) is 5.32 Å². The molecule has 1 aromatic rings. The Balaban J connectivity index is 2.28. The fourth-order valence-electron chi connectivity index (χ4n) is 3.51. The van der Waals surface area contributed by atoms with E-state index in [1.165, 1.54) is 4.31 Å². The molecular weight excluding hydrogens is 380 g/mol. The van der Waals surface area contributed by atoms with Crippen molar-refractivity contribution in [3.8, 4) is 0 Å². The lowest BCUT2D eigenvalue weighted by Crippen LogP contribution is -2.49. The Kier molecular flexibility index (Phi) is 7.42. The van der Waals surface area contributed by atoms with Gasteiger partial charge in [-0.05, 0) is 36.6 Å². The lowest BCUT2D eigenvalue weighted by Gasteiger charge is -2.24. The molecule has 8 nitrogen and oxygen atoms in total. The highest BCUT2D eigenvalue weighted by Crippen LogP contribution is 2.32. The molecule has 0 fully saturated rings. The fourth-order valence-corrected chi connectivity index (χ4v) is 5.01. The topological polar surface area (TPSA) is 113 Å². The van der Waals surface area contributed by atoms with Crippen LogP contribution in [-0.4, -0.2) is 50.3 Å². The van der Waals surface area contributed by atoms with E-state index in [0.717, 1.165) is 18.4 Å². The number of anilines is 1. The Morgan fingerprint density at radius 1 is 1.25 bits per heavy atom. The minimum atomic E-state index is -3.55. The van der Waals surface area contributed by atoms with E-state index in [1.54, 1.807) is 36.9 Å². The molecule has 0 bridgehead atoms. The fraction of sp³-hybridized carbons (Fsp3) is 0.579. The van der Waals surface area contributed by atoms with Gasteiger partial charge in [-0.25, -0.2) is 13.2 Å². The van der Waals surface area contributed by atoms with Gasteiger partial charge in [-0.3, -0.25) is 4.79 Å². The van der Waals surface area contributed by atoms with Crippen LogP contribution in [0, 0.1) is 0 Å². The molecular formula is C19H30N4O4S. The van der Waals surface area contributed by atoms with Crippen LogP contribution in [-0.2, 0) is 21.2 Å². The van der Waals surface area contributed by atoms with E-state index in [4.69, 9.17) is 5.73 Å². The first-order valence-corrected chi connectivity index (χ1v) is 11.2. The molecule has 156 valence electrons. The molecule has 1 unspecified atom stereocenters. The van der Waals surface area contributed by atoms with E-state index >= 15 is 0 Å². The van der Waals surface area contributed by atoms with Gasteiger partial charge in [0.2, 0.25) is 15.9 Å². The number of nitrogens with one attached hydrogen (secondary N) is 1. The molecule has 0 spiro atoms. The number of primary amides is 1. The molecule has 1 aliphatic heterocycles. The summed E-state index contributed by atoms with van der Waals surface area (Å²) in [6.07, 6.45) is 2.77. The maximum absolute atomic E-state index is 13.0. The second-order valence-electron chi connectivity index (χ2n) is 6.82. The first-order valence-electron chi connectivity index (χ1n) is 9.76. The van der Waals surface area contributed by atoms with Gasteiger partial charge in [0.1, 0.15) is 6.04 Å². The average molecular weight is 411 g/mol. The molecule has 3 N–H and O–H groups in total. The van der Waals surface area contributed by atoms with Gasteiger partial charge >= 0.3 is 6.03 Å². The van der Waals surface area contributed by atoms with Crippen molar-refractivity contribution >= 4 is 27.6 Å². The zero-order valence-electron chi connectivity index (χ0n) is 16.8. The summed E-state index contributed by atoms with van der Waals surface area (Å²) in [4.78, 5) is 26.1. The lowest BCUT2D eigenvalue weighted by molar-refractivity contribution is -0.120. The smallest absolute Gasteiger partial charge is 0.312 e. The number of unbranched alkanes of at least 4 members (excludes halogenated alkanes) is 1. The maximum Gasteiger partial charge on any atom is 0.312 e. The number of nitrogens with two attached hydrogens (primary N) is 1. The van der Waals surface area contributed by atoms with E-state index < -0.39 is 22.1 Å². The number of carbonyl (C=O) groups excluding carboxylic acids is 2. The second-order valence-corrected chi connectivity index (χ2v) is 8.76. The number of nitrogens with zero attached hydrogens (tertiary/aromatic N) is 2. The summed E-state index contributed by atoms with van der Waals surface area (Å²) in [5.41, 5.74) is 6.73. The number of fused-ring (bicyclic) bond motifs is 1. The first-order chi connectivity index (χ1) is 13.3. The molecule has 0 saturated carbocycles. The monoisotopic (exact) mass is 410 g/mol. The summed E-state index contributed by atoms with van der Waals surface area (Å²) in [5, 5.41) is 2.53. The molecule has 0 radical (unpaired) electrons. The average Bonchev–Trinajstić information content (AvgIpc) is 3.08. The number of amides is 3. The Labute approximate surface area is 167 Å². The van der Waals surface area contributed by atoms with Gasteiger partial charge in [-0.15, -0.1) is 0 Å². The number of rotatable bonds is 9. The second kappa shape index (κ2) is 9.38. The molecule has 2 rings (SSSR count). The summed E-state index contributed by atoms with van der Waals surface area (Å²) < 4.78 is 26.9. The van der Waals surface area contributed by atoms with Crippen molar-refractivity contribution in [3.63, 3.8) is 0 Å². The largest absolute Gasteiger partial charge is 0.352 e. The standard InChI is InChI=1S/C19H30N4O4S/c1-4-7-8-16(21-19(20)25)18(24)23-12-11-14-13-15(9-10-17(14)23)28(26,27)22(5-2)6-3/h9-10,13,16H,4-8,11-12H2,1-3H3,(H3,20,21,25). The normalized spacial score (nSPS) is 14.8. The molecule has 3 amide bonds. The molecule has 9 heteroatoms. The van der Waals surface area contributed by atoms with Crippen LogP contribution in [0.3, 0.4) is 0 Å². The number of carbonyl (C=O) groups is 2. The van der Waals surface area contributed by atoms with Gasteiger partial charge in [-0.1, -0.05) is 33.6 Å². The van der Waals surface area contributed by atoms with Crippen LogP contribution in [0.1, 0.15) is 45.6 Å². The lowest BCUT2D eigenvalue weighted by atomic mass is 10.1. The Morgan fingerprint density at radius 3 is 2.50 bits per heavy atom. The van der Waals surface area contributed by atoms with Gasteiger partial charge in [0, 0.05) is 25.3 Å². The number of hydrogen-bond donors (Lipinski definition) is 2. The molecule has 1 atom stereocenters. The quantitative estimate of drug-likeness (QED) is 0.646. The van der Waals surface area contributed by atoms with Crippen molar-refractivity contribution in [2.75, 3.05) is 24.5 Å². The molecule has 1 aromatic carbocycles. The van der Waals surface area contributed by atoms with Crippen molar-refractivity contribution in [2.24, 2.45) is 5.73 Å². The van der Waals surface area contributed by atoms with E-state index in [-0.39, 0.29) is 10.8 Å². The number of urea groups is 1. The van der Waals surface area contributed by atoms with E-state index in [0.29, 0.717) is 38.2 Å². The summed E-state index contributed by atoms with van der Waals surface area (Å²) in [6.45, 7) is 6.87. The van der Waals surface area contributed by atoms with Gasteiger partial charge in [0.25, 0.3) is 0 Å². The van der Waals surface area contributed by atoms with E-state index in [9.17, 15) is 18.0 Å². The molecule has 0 aromatic heterocycles. The Morgan fingerprint density at radius 2 is 1.93 bits per heavy atom. The molecule has 28 heavy (non-hydrogen) atoms. The third kappa shape index (κ3) is 4.64. The van der Waals surface area contributed by atoms with Crippen LogP contribution < -0.4 is 16.0 Å². The van der Waals surface area contributed by atoms with Crippen LogP contribution in [0.4, 0.5) is 10.5 Å². The molecule has 1 heterocycles. The molecule has 0 saturated heterocycles. The van der Waals surface area contributed by atoms with Crippen LogP contribution in [0.5, 0.6) is 0 Å². The zero-order valence-corrected chi connectivity index (χ0v) is 17.6. The zero-order chi connectivity index (χ0) is 20.9. The Bertz CT molecular complexity index is 821. The minimum absolute atomic E-state index is 0.217. The summed E-state index contributed by atoms with van der Waals surface area (Å²) >= 11 is 0. The highest BCUT2D eigenvalue weighted by atomic mass is 32.2. The Hall–Kier alpha value is -2.13. The van der Waals surface area contributed by atoms with Crippen molar-refractivity contribution in [1.82, 2.24) is 9.62 Å². The summed E-state index contributed by atoms with van der Waals surface area (Å²) in [6, 6.07) is 3.47. The molecule has 1 aliphatic rings. The van der Waals surface area contributed by atoms with Crippen LogP contribution >= 0.6 is 0 Å². The van der Waals surface area contributed by atoms with Crippen LogP contribution in [0.2, 0.25) is 0 Å². The SMILES string of the molecule is CCCCC(NC(N)=O)C(=O)N1CCc2cc(S(=O)(=O)N(CC)CC)ccc21. The van der Waals surface area contributed by atoms with Gasteiger partial charge in [0.05, 0.1) is 4.90 Å². The first kappa shape index (κ1) is 22.2. The minimum Gasteiger partial charge on any atom is -0.352 e. The van der Waals surface area contributed by atoms with Gasteiger partial charge in [-0.2, -0.15) is 4.31 Å². The third-order valence-corrected chi connectivity index (χ3v) is 7.06. The van der Waals surface area contributed by atoms with Crippen LogP contribution in [0.25, 0.3) is 0 Å². The van der Waals surface area contributed by atoms with Crippen molar-refractivity contribution in [2.45, 2.75) is 57.4 Å². The summed E-state index contributed by atoms with van der Waals surface area (Å²) in [5.74, 6) is -0.217. The van der Waals surface area contributed by atoms with Crippen molar-refractivity contribution in [3.05, 3.63) is 23.8 Å². The predicted octanol–water partition coefficient (Wildman–Crippen LogP) is 1.83. The van der Waals surface area contributed by atoms with Crippen molar-refractivity contribution in [1.29, 1.82) is 0 Å². The number of benzene rings is 1. The summed E-state index contributed by atoms with van der Waals surface area (Å²) in [7, 11) is -3.55. The van der Waals surface area contributed by atoms with Gasteiger partial charge < -0.3 is 16.0 Å². The molecule has 0 aliphatic carbocycles. The van der Waals surface area contributed by atoms with E-state index in [1.807, 2.05) is 6.92 Å². The highest BCUT2D eigenvalue weighted by Gasteiger charge is 2.32. The number of sulfonamides is 1. The third-order valence-electron chi connectivity index (χ3n) is 5.02. The predicted molar refractivity (Wildman–Crippen MR) is 109 cm³/mol.